The van der Waals surface area contributed by atoms with Crippen molar-refractivity contribution in [3.8, 4) is 5.75 Å². The number of likely N-dealkylation sites (N-methyl/N-ethyl adjacent to an activating group) is 1. The van der Waals surface area contributed by atoms with Gasteiger partial charge in [0.2, 0.25) is 10.0 Å². The Kier molecular flexibility index (Phi) is 6.39. The van der Waals surface area contributed by atoms with E-state index in [1.54, 1.807) is 26.1 Å². The van der Waals surface area contributed by atoms with E-state index in [1.807, 2.05) is 13.0 Å². The molecule has 0 aliphatic heterocycles. The van der Waals surface area contributed by atoms with Crippen molar-refractivity contribution < 1.29 is 13.2 Å². The van der Waals surface area contributed by atoms with Crippen molar-refractivity contribution in [2.24, 2.45) is 0 Å². The second-order valence-corrected chi connectivity index (χ2v) is 7.00. The summed E-state index contributed by atoms with van der Waals surface area (Å²) < 4.78 is 31.8. The van der Waals surface area contributed by atoms with E-state index in [-0.39, 0.29) is 11.4 Å². The number of rotatable bonds is 8. The van der Waals surface area contributed by atoms with Crippen LogP contribution in [-0.4, -0.2) is 40.0 Å². The Morgan fingerprint density at radius 1 is 1.43 bits per heavy atom. The van der Waals surface area contributed by atoms with Crippen LogP contribution in [0.3, 0.4) is 0 Å². The fourth-order valence-electron chi connectivity index (χ4n) is 1.93. The van der Waals surface area contributed by atoms with Crippen molar-refractivity contribution in [1.82, 2.24) is 9.62 Å². The van der Waals surface area contributed by atoms with E-state index in [0.717, 1.165) is 17.7 Å². The van der Waals surface area contributed by atoms with Gasteiger partial charge in [0.05, 0.1) is 7.11 Å². The van der Waals surface area contributed by atoms with Crippen molar-refractivity contribution in [3.63, 3.8) is 0 Å². The molecule has 1 aromatic carbocycles. The lowest BCUT2D eigenvalue weighted by molar-refractivity contribution is 0.399. The van der Waals surface area contributed by atoms with Gasteiger partial charge in [0.1, 0.15) is 10.6 Å². The highest BCUT2D eigenvalue weighted by atomic mass is 32.2. The Bertz CT molecular complexity index is 597. The smallest absolute Gasteiger partial charge is 0.246 e. The summed E-state index contributed by atoms with van der Waals surface area (Å²) in [7, 11) is -0.593. The molecule has 0 aromatic heterocycles. The maximum absolute atomic E-state index is 12.7. The molecule has 1 aromatic rings. The lowest BCUT2D eigenvalue weighted by atomic mass is 10.2. The monoisotopic (exact) mass is 312 g/mol. The molecule has 0 heterocycles. The van der Waals surface area contributed by atoms with Crippen LogP contribution < -0.4 is 10.1 Å². The highest BCUT2D eigenvalue weighted by Gasteiger charge is 2.25. The first-order valence-electron chi connectivity index (χ1n) is 6.81. The van der Waals surface area contributed by atoms with Gasteiger partial charge in [0.25, 0.3) is 0 Å². The summed E-state index contributed by atoms with van der Waals surface area (Å²) in [4.78, 5) is 0.184. The second-order valence-electron chi connectivity index (χ2n) is 4.98. The van der Waals surface area contributed by atoms with E-state index in [0.29, 0.717) is 12.3 Å². The van der Waals surface area contributed by atoms with E-state index >= 15 is 0 Å². The summed E-state index contributed by atoms with van der Waals surface area (Å²) in [6, 6.07) is 5.21. The molecule has 21 heavy (non-hydrogen) atoms. The molecule has 0 unspecified atom stereocenters. The van der Waals surface area contributed by atoms with E-state index in [4.69, 9.17) is 4.74 Å². The first-order chi connectivity index (χ1) is 9.82. The van der Waals surface area contributed by atoms with Crippen molar-refractivity contribution in [2.75, 3.05) is 27.2 Å². The van der Waals surface area contributed by atoms with Gasteiger partial charge in [-0.15, -0.1) is 0 Å². The van der Waals surface area contributed by atoms with Crippen LogP contribution in [0.5, 0.6) is 5.75 Å². The quantitative estimate of drug-likeness (QED) is 0.746. The van der Waals surface area contributed by atoms with Gasteiger partial charge in [-0.25, -0.2) is 8.42 Å². The SMILES string of the molecule is C=C(C)CN(C)S(=O)(=O)c1cc(CNCC)ccc1OC. The summed E-state index contributed by atoms with van der Waals surface area (Å²) in [6.07, 6.45) is 0. The highest BCUT2D eigenvalue weighted by Crippen LogP contribution is 2.27. The van der Waals surface area contributed by atoms with Gasteiger partial charge in [0, 0.05) is 20.1 Å². The number of benzene rings is 1. The van der Waals surface area contributed by atoms with Crippen LogP contribution in [0.1, 0.15) is 19.4 Å². The third-order valence-electron chi connectivity index (χ3n) is 2.99. The van der Waals surface area contributed by atoms with Gasteiger partial charge in [-0.05, 0) is 31.2 Å². The topological polar surface area (TPSA) is 58.6 Å². The molecule has 0 radical (unpaired) electrons. The number of ether oxygens (including phenoxy) is 1. The summed E-state index contributed by atoms with van der Waals surface area (Å²) in [5, 5.41) is 3.18. The zero-order valence-corrected chi connectivity index (χ0v) is 14.0. The maximum atomic E-state index is 12.7. The molecule has 0 amide bonds. The van der Waals surface area contributed by atoms with Gasteiger partial charge in [-0.2, -0.15) is 4.31 Å². The van der Waals surface area contributed by atoms with Crippen molar-refractivity contribution in [1.29, 1.82) is 0 Å². The van der Waals surface area contributed by atoms with E-state index in [2.05, 4.69) is 11.9 Å². The Morgan fingerprint density at radius 2 is 2.10 bits per heavy atom. The molecule has 0 saturated heterocycles. The number of hydrogen-bond donors (Lipinski definition) is 1. The van der Waals surface area contributed by atoms with Crippen LogP contribution in [0.25, 0.3) is 0 Å². The predicted molar refractivity (Wildman–Crippen MR) is 85.0 cm³/mol. The highest BCUT2D eigenvalue weighted by molar-refractivity contribution is 7.89. The van der Waals surface area contributed by atoms with Crippen molar-refractivity contribution in [2.45, 2.75) is 25.3 Å². The number of sulfonamides is 1. The summed E-state index contributed by atoms with van der Waals surface area (Å²) >= 11 is 0. The fraction of sp³-hybridized carbons (Fsp3) is 0.467. The molecular weight excluding hydrogens is 288 g/mol. The average molecular weight is 312 g/mol. The van der Waals surface area contributed by atoms with E-state index in [1.165, 1.54) is 11.4 Å². The molecule has 0 aliphatic carbocycles. The Hall–Kier alpha value is -1.37. The zero-order valence-electron chi connectivity index (χ0n) is 13.1. The van der Waals surface area contributed by atoms with E-state index < -0.39 is 10.0 Å². The minimum atomic E-state index is -3.60. The molecule has 118 valence electrons. The molecule has 0 aliphatic rings. The largest absolute Gasteiger partial charge is 0.495 e. The molecular formula is C15H24N2O3S. The van der Waals surface area contributed by atoms with Crippen LogP contribution in [0.4, 0.5) is 0 Å². The predicted octanol–water partition coefficient (Wildman–Crippen LogP) is 2.00. The summed E-state index contributed by atoms with van der Waals surface area (Å²) in [5.41, 5.74) is 1.68. The minimum absolute atomic E-state index is 0.184. The Labute approximate surface area is 127 Å². The first kappa shape index (κ1) is 17.7. The van der Waals surface area contributed by atoms with Gasteiger partial charge >= 0.3 is 0 Å². The standard InChI is InChI=1S/C15H24N2O3S/c1-6-16-10-13-7-8-14(20-5)15(9-13)21(18,19)17(4)11-12(2)3/h7-9,16H,2,6,10-11H2,1,3-5H3. The lowest BCUT2D eigenvalue weighted by Gasteiger charge is -2.19. The third kappa shape index (κ3) is 4.56. The van der Waals surface area contributed by atoms with Gasteiger partial charge in [-0.1, -0.05) is 25.1 Å². The number of nitrogens with zero attached hydrogens (tertiary/aromatic N) is 1. The molecule has 0 bridgehead atoms. The maximum Gasteiger partial charge on any atom is 0.246 e. The van der Waals surface area contributed by atoms with Crippen LogP contribution in [-0.2, 0) is 16.6 Å². The van der Waals surface area contributed by atoms with E-state index in [9.17, 15) is 8.42 Å². The minimum Gasteiger partial charge on any atom is -0.495 e. The molecule has 5 nitrogen and oxygen atoms in total. The summed E-state index contributed by atoms with van der Waals surface area (Å²) in [6.45, 7) is 9.28. The molecule has 6 heteroatoms. The van der Waals surface area contributed by atoms with Crippen LogP contribution in [0.2, 0.25) is 0 Å². The lowest BCUT2D eigenvalue weighted by Crippen LogP contribution is -2.29. The van der Waals surface area contributed by atoms with Crippen molar-refractivity contribution >= 4 is 10.0 Å². The van der Waals surface area contributed by atoms with Crippen LogP contribution >= 0.6 is 0 Å². The average Bonchev–Trinajstić information content (AvgIpc) is 2.44. The van der Waals surface area contributed by atoms with Gasteiger partial charge in [-0.3, -0.25) is 0 Å². The van der Waals surface area contributed by atoms with Crippen LogP contribution in [0.15, 0.2) is 35.2 Å². The molecule has 1 N–H and O–H groups in total. The number of nitrogens with one attached hydrogen (secondary N) is 1. The third-order valence-corrected chi connectivity index (χ3v) is 4.81. The van der Waals surface area contributed by atoms with Crippen molar-refractivity contribution in [3.05, 3.63) is 35.9 Å². The molecule has 0 spiro atoms. The number of methoxy groups -OCH3 is 1. The van der Waals surface area contributed by atoms with Gasteiger partial charge in [0.15, 0.2) is 0 Å². The number of hydrogen-bond acceptors (Lipinski definition) is 4. The van der Waals surface area contributed by atoms with Gasteiger partial charge < -0.3 is 10.1 Å². The Morgan fingerprint density at radius 3 is 2.62 bits per heavy atom. The molecule has 1 rings (SSSR count). The molecule has 0 fully saturated rings. The zero-order chi connectivity index (χ0) is 16.0. The Balaban J connectivity index is 3.21. The summed E-state index contributed by atoms with van der Waals surface area (Å²) in [5.74, 6) is 0.351. The molecule has 0 atom stereocenters. The normalized spacial score (nSPS) is 11.7. The first-order valence-corrected chi connectivity index (χ1v) is 8.25. The van der Waals surface area contributed by atoms with Crippen LogP contribution in [0, 0.1) is 0 Å². The fourth-order valence-corrected chi connectivity index (χ4v) is 3.37. The molecule has 0 saturated carbocycles. The second kappa shape index (κ2) is 7.59.